The van der Waals surface area contributed by atoms with Crippen molar-refractivity contribution in [2.24, 2.45) is 11.7 Å². The van der Waals surface area contributed by atoms with Gasteiger partial charge in [-0.25, -0.2) is 0 Å². The van der Waals surface area contributed by atoms with Crippen LogP contribution in [0.25, 0.3) is 0 Å². The van der Waals surface area contributed by atoms with Crippen molar-refractivity contribution in [3.8, 4) is 0 Å². The minimum Gasteiger partial charge on any atom is -0.370 e. The summed E-state index contributed by atoms with van der Waals surface area (Å²) in [7, 11) is 0. The molecule has 1 saturated heterocycles. The lowest BCUT2D eigenvalue weighted by Gasteiger charge is -2.20. The van der Waals surface area contributed by atoms with Crippen molar-refractivity contribution in [2.45, 2.75) is 19.9 Å². The number of anilines is 1. The summed E-state index contributed by atoms with van der Waals surface area (Å²) in [5.41, 5.74) is 7.51. The van der Waals surface area contributed by atoms with Gasteiger partial charge in [-0.15, -0.1) is 0 Å². The molecule has 0 saturated carbocycles. The third kappa shape index (κ3) is 3.39. The van der Waals surface area contributed by atoms with Crippen LogP contribution in [0, 0.1) is 5.92 Å². The molecule has 19 heavy (non-hydrogen) atoms. The van der Waals surface area contributed by atoms with Crippen LogP contribution in [-0.4, -0.2) is 25.5 Å². The molecular formula is C14H20ClN3O. The number of nitrogens with two attached hydrogens (primary N) is 1. The molecule has 4 nitrogen and oxygen atoms in total. The summed E-state index contributed by atoms with van der Waals surface area (Å²) in [5, 5.41) is 4.01. The summed E-state index contributed by atoms with van der Waals surface area (Å²) < 4.78 is 0. The lowest BCUT2D eigenvalue weighted by molar-refractivity contribution is -0.121. The Morgan fingerprint density at radius 3 is 2.95 bits per heavy atom. The molecule has 1 aliphatic heterocycles. The molecule has 1 fully saturated rings. The fourth-order valence-corrected chi connectivity index (χ4v) is 2.72. The van der Waals surface area contributed by atoms with Gasteiger partial charge in [0.15, 0.2) is 0 Å². The van der Waals surface area contributed by atoms with Crippen LogP contribution in [0.3, 0.4) is 0 Å². The maximum atomic E-state index is 11.2. The van der Waals surface area contributed by atoms with E-state index in [-0.39, 0.29) is 11.8 Å². The third-order valence-electron chi connectivity index (χ3n) is 3.52. The van der Waals surface area contributed by atoms with E-state index in [2.05, 4.69) is 23.2 Å². The summed E-state index contributed by atoms with van der Waals surface area (Å²) >= 11 is 6.33. The number of nitrogens with one attached hydrogen (secondary N) is 1. The molecule has 2 rings (SSSR count). The molecule has 0 aliphatic carbocycles. The number of nitrogens with zero attached hydrogens (tertiary/aromatic N) is 1. The highest BCUT2D eigenvalue weighted by Gasteiger charge is 2.27. The van der Waals surface area contributed by atoms with E-state index in [9.17, 15) is 4.79 Å². The fraction of sp³-hybridized carbons (Fsp3) is 0.500. The molecule has 5 heteroatoms. The molecule has 0 bridgehead atoms. The summed E-state index contributed by atoms with van der Waals surface area (Å²) in [6, 6.07) is 6.08. The smallest absolute Gasteiger partial charge is 0.222 e. The second kappa shape index (κ2) is 6.26. The zero-order valence-electron chi connectivity index (χ0n) is 11.2. The first-order valence-electron chi connectivity index (χ1n) is 6.65. The van der Waals surface area contributed by atoms with Gasteiger partial charge >= 0.3 is 0 Å². The van der Waals surface area contributed by atoms with Gasteiger partial charge in [-0.2, -0.15) is 0 Å². The minimum atomic E-state index is -0.220. The van der Waals surface area contributed by atoms with Crippen LogP contribution >= 0.6 is 11.6 Å². The van der Waals surface area contributed by atoms with Crippen LogP contribution in [0.5, 0.6) is 0 Å². The number of hydrogen-bond donors (Lipinski definition) is 2. The number of benzene rings is 1. The van der Waals surface area contributed by atoms with Crippen LogP contribution in [-0.2, 0) is 11.3 Å². The predicted molar refractivity (Wildman–Crippen MR) is 78.3 cm³/mol. The van der Waals surface area contributed by atoms with Gasteiger partial charge in [0.25, 0.3) is 0 Å². The van der Waals surface area contributed by atoms with Gasteiger partial charge in [0.2, 0.25) is 5.91 Å². The van der Waals surface area contributed by atoms with Crippen molar-refractivity contribution in [3.63, 3.8) is 0 Å². The predicted octanol–water partition coefficient (Wildman–Crippen LogP) is 1.76. The second-order valence-electron chi connectivity index (χ2n) is 4.90. The van der Waals surface area contributed by atoms with Crippen molar-refractivity contribution >= 4 is 23.2 Å². The molecular weight excluding hydrogens is 262 g/mol. The standard InChI is InChI=1S/C14H20ClN3O/c1-2-17-8-10-3-4-13(12(15)7-10)18-6-5-11(9-18)14(16)19/h3-4,7,11,17H,2,5-6,8-9H2,1H3,(H2,16,19). The van der Waals surface area contributed by atoms with Crippen LogP contribution < -0.4 is 16.0 Å². The van der Waals surface area contributed by atoms with E-state index in [0.717, 1.165) is 36.8 Å². The quantitative estimate of drug-likeness (QED) is 0.865. The van der Waals surface area contributed by atoms with Crippen molar-refractivity contribution in [3.05, 3.63) is 28.8 Å². The second-order valence-corrected chi connectivity index (χ2v) is 5.31. The van der Waals surface area contributed by atoms with E-state index in [1.807, 2.05) is 12.1 Å². The summed E-state index contributed by atoms with van der Waals surface area (Å²) in [6.07, 6.45) is 0.810. The number of carbonyl (C=O) groups excluding carboxylic acids is 1. The Morgan fingerprint density at radius 1 is 1.58 bits per heavy atom. The Labute approximate surface area is 118 Å². The van der Waals surface area contributed by atoms with Gasteiger partial charge in [-0.05, 0) is 30.7 Å². The fourth-order valence-electron chi connectivity index (χ4n) is 2.40. The lowest BCUT2D eigenvalue weighted by Crippen LogP contribution is -2.27. The zero-order chi connectivity index (χ0) is 13.8. The van der Waals surface area contributed by atoms with Gasteiger partial charge in [-0.1, -0.05) is 24.6 Å². The average Bonchev–Trinajstić information content (AvgIpc) is 2.86. The minimum absolute atomic E-state index is 0.0579. The Hall–Kier alpha value is -1.26. The van der Waals surface area contributed by atoms with Crippen molar-refractivity contribution in [1.82, 2.24) is 5.32 Å². The highest BCUT2D eigenvalue weighted by molar-refractivity contribution is 6.33. The van der Waals surface area contributed by atoms with Gasteiger partial charge in [-0.3, -0.25) is 4.79 Å². The summed E-state index contributed by atoms with van der Waals surface area (Å²) in [5.74, 6) is -0.278. The number of halogens is 1. The van der Waals surface area contributed by atoms with Gasteiger partial charge < -0.3 is 16.0 Å². The summed E-state index contributed by atoms with van der Waals surface area (Å²) in [4.78, 5) is 13.3. The Bertz CT molecular complexity index is 464. The topological polar surface area (TPSA) is 58.4 Å². The average molecular weight is 282 g/mol. The number of primary amides is 1. The first-order chi connectivity index (χ1) is 9.11. The molecule has 0 radical (unpaired) electrons. The van der Waals surface area contributed by atoms with Gasteiger partial charge in [0.1, 0.15) is 0 Å². The maximum absolute atomic E-state index is 11.2. The van der Waals surface area contributed by atoms with E-state index in [4.69, 9.17) is 17.3 Å². The molecule has 0 spiro atoms. The number of amides is 1. The lowest BCUT2D eigenvalue weighted by atomic mass is 10.1. The number of carbonyl (C=O) groups is 1. The molecule has 1 amide bonds. The molecule has 3 N–H and O–H groups in total. The Balaban J connectivity index is 2.07. The molecule has 1 aromatic carbocycles. The molecule has 1 heterocycles. The molecule has 1 unspecified atom stereocenters. The Kier molecular flexibility index (Phi) is 4.66. The van der Waals surface area contributed by atoms with E-state index in [0.29, 0.717) is 6.54 Å². The normalized spacial score (nSPS) is 18.8. The monoisotopic (exact) mass is 281 g/mol. The van der Waals surface area contributed by atoms with Crippen LogP contribution in [0.1, 0.15) is 18.9 Å². The van der Waals surface area contributed by atoms with E-state index in [1.165, 1.54) is 5.56 Å². The van der Waals surface area contributed by atoms with Gasteiger partial charge in [0, 0.05) is 19.6 Å². The number of hydrogen-bond acceptors (Lipinski definition) is 3. The highest BCUT2D eigenvalue weighted by Crippen LogP contribution is 2.31. The zero-order valence-corrected chi connectivity index (χ0v) is 11.9. The van der Waals surface area contributed by atoms with Crippen LogP contribution in [0.15, 0.2) is 18.2 Å². The largest absolute Gasteiger partial charge is 0.370 e. The third-order valence-corrected chi connectivity index (χ3v) is 3.83. The first-order valence-corrected chi connectivity index (χ1v) is 7.03. The molecule has 0 aromatic heterocycles. The summed E-state index contributed by atoms with van der Waals surface area (Å²) in [6.45, 7) is 5.33. The Morgan fingerprint density at radius 2 is 2.37 bits per heavy atom. The van der Waals surface area contributed by atoms with E-state index in [1.54, 1.807) is 0 Å². The van der Waals surface area contributed by atoms with E-state index < -0.39 is 0 Å². The SMILES string of the molecule is CCNCc1ccc(N2CCC(C(N)=O)C2)c(Cl)c1. The maximum Gasteiger partial charge on any atom is 0.222 e. The molecule has 1 aliphatic rings. The van der Waals surface area contributed by atoms with Crippen LogP contribution in [0.4, 0.5) is 5.69 Å². The molecule has 1 atom stereocenters. The van der Waals surface area contributed by atoms with Crippen molar-refractivity contribution in [2.75, 3.05) is 24.5 Å². The van der Waals surface area contributed by atoms with E-state index >= 15 is 0 Å². The van der Waals surface area contributed by atoms with Gasteiger partial charge in [0.05, 0.1) is 16.6 Å². The molecule has 1 aromatic rings. The van der Waals surface area contributed by atoms with Crippen molar-refractivity contribution < 1.29 is 4.79 Å². The highest BCUT2D eigenvalue weighted by atomic mass is 35.5. The number of rotatable bonds is 5. The molecule has 104 valence electrons. The van der Waals surface area contributed by atoms with Crippen LogP contribution in [0.2, 0.25) is 5.02 Å². The first kappa shape index (κ1) is 14.2. The van der Waals surface area contributed by atoms with Crippen molar-refractivity contribution in [1.29, 1.82) is 0 Å².